The van der Waals surface area contributed by atoms with Gasteiger partial charge in [-0.2, -0.15) is 22.1 Å². The van der Waals surface area contributed by atoms with E-state index in [1.165, 1.54) is 42.2 Å². The number of hydrogen-bond donors (Lipinski definition) is 0. The predicted molar refractivity (Wildman–Crippen MR) is 107 cm³/mol. The zero-order chi connectivity index (χ0) is 21.4. The second-order valence-electron chi connectivity index (χ2n) is 6.47. The van der Waals surface area contributed by atoms with E-state index in [0.717, 1.165) is 11.1 Å². The summed E-state index contributed by atoms with van der Waals surface area (Å²) in [7, 11) is -7.73. The molecule has 0 spiro atoms. The van der Waals surface area contributed by atoms with Crippen molar-refractivity contribution in [1.82, 2.24) is 9.55 Å². The van der Waals surface area contributed by atoms with Gasteiger partial charge in [-0.05, 0) is 38.1 Å². The Bertz CT molecular complexity index is 1230. The second kappa shape index (κ2) is 7.35. The Kier molecular flexibility index (Phi) is 5.21. The molecule has 10 heteroatoms. The van der Waals surface area contributed by atoms with E-state index in [2.05, 4.69) is 4.98 Å². The lowest BCUT2D eigenvalue weighted by Crippen LogP contribution is -2.38. The van der Waals surface area contributed by atoms with Crippen LogP contribution in [0.15, 0.2) is 64.6 Å². The molecule has 0 amide bonds. The summed E-state index contributed by atoms with van der Waals surface area (Å²) in [5.41, 5.74) is 1.31. The molecule has 0 fully saturated rings. The molecule has 0 atom stereocenters. The molecule has 0 unspecified atom stereocenters. The van der Waals surface area contributed by atoms with Gasteiger partial charge in [-0.25, -0.2) is 4.98 Å². The molecule has 150 valence electrons. The molecule has 2 aromatic carbocycles. The van der Waals surface area contributed by atoms with Gasteiger partial charge < -0.3 is 4.57 Å². The maximum Gasteiger partial charge on any atom is 0.279 e. The Morgan fingerprint density at radius 3 is 1.66 bits per heavy atom. The van der Waals surface area contributed by atoms with Crippen LogP contribution in [0.25, 0.3) is 0 Å². The van der Waals surface area contributed by atoms with Gasteiger partial charge in [-0.15, -0.1) is 3.71 Å². The van der Waals surface area contributed by atoms with Crippen molar-refractivity contribution in [3.63, 3.8) is 0 Å². The number of nitriles is 1. The first-order valence-corrected chi connectivity index (χ1v) is 11.3. The van der Waals surface area contributed by atoms with Crippen LogP contribution in [0, 0.1) is 25.2 Å². The molecule has 0 bridgehead atoms. The van der Waals surface area contributed by atoms with E-state index in [0.29, 0.717) is 0 Å². The minimum Gasteiger partial charge on any atom is -0.318 e. The van der Waals surface area contributed by atoms with Crippen molar-refractivity contribution in [3.8, 4) is 6.07 Å². The van der Waals surface area contributed by atoms with E-state index in [9.17, 15) is 22.1 Å². The summed E-state index contributed by atoms with van der Waals surface area (Å²) in [6.45, 7) is 3.57. The van der Waals surface area contributed by atoms with Crippen LogP contribution in [0.3, 0.4) is 0 Å². The van der Waals surface area contributed by atoms with Crippen LogP contribution >= 0.6 is 0 Å². The minimum absolute atomic E-state index is 0.219. The van der Waals surface area contributed by atoms with E-state index in [1.54, 1.807) is 44.2 Å². The van der Waals surface area contributed by atoms with Crippen molar-refractivity contribution in [2.75, 3.05) is 3.71 Å². The van der Waals surface area contributed by atoms with Crippen LogP contribution in [-0.4, -0.2) is 26.4 Å². The SMILES string of the molecule is Cc1ccc(S(=O)(=O)N(c2c(C#N)ncn2C)S(=O)(=O)c2ccc(C)cc2)cc1. The van der Waals surface area contributed by atoms with Crippen LogP contribution in [0.2, 0.25) is 0 Å². The second-order valence-corrected chi connectivity index (χ2v) is 10.3. The number of rotatable bonds is 5. The molecular weight excluding hydrogens is 412 g/mol. The van der Waals surface area contributed by atoms with E-state index >= 15 is 0 Å². The summed E-state index contributed by atoms with van der Waals surface area (Å²) < 4.78 is 55.3. The number of sulfonamides is 2. The van der Waals surface area contributed by atoms with E-state index in [4.69, 9.17) is 0 Å². The molecule has 0 N–H and O–H groups in total. The fraction of sp³-hybridized carbons (Fsp3) is 0.158. The van der Waals surface area contributed by atoms with Crippen LogP contribution in [-0.2, 0) is 27.1 Å². The summed E-state index contributed by atoms with van der Waals surface area (Å²) in [5, 5.41) is 9.38. The van der Waals surface area contributed by atoms with Gasteiger partial charge in [0.05, 0.1) is 16.1 Å². The minimum atomic E-state index is -4.58. The highest BCUT2D eigenvalue weighted by Gasteiger charge is 2.40. The van der Waals surface area contributed by atoms with Gasteiger partial charge in [0.2, 0.25) is 0 Å². The zero-order valence-electron chi connectivity index (χ0n) is 15.9. The first kappa shape index (κ1) is 20.6. The van der Waals surface area contributed by atoms with Crippen LogP contribution in [0.4, 0.5) is 5.82 Å². The lowest BCUT2D eigenvalue weighted by Gasteiger charge is -2.24. The van der Waals surface area contributed by atoms with Crippen molar-refractivity contribution in [3.05, 3.63) is 71.7 Å². The van der Waals surface area contributed by atoms with Gasteiger partial charge in [0.1, 0.15) is 6.07 Å². The number of imidazole rings is 1. The molecule has 8 nitrogen and oxygen atoms in total. The zero-order valence-corrected chi connectivity index (χ0v) is 17.6. The smallest absolute Gasteiger partial charge is 0.279 e. The highest BCUT2D eigenvalue weighted by atomic mass is 32.3. The summed E-state index contributed by atoms with van der Waals surface area (Å²) in [6, 6.07) is 13.3. The maximum absolute atomic E-state index is 13.4. The van der Waals surface area contributed by atoms with E-state index in [-0.39, 0.29) is 25.0 Å². The maximum atomic E-state index is 13.4. The molecule has 3 aromatic rings. The largest absolute Gasteiger partial charge is 0.318 e. The number of aromatic nitrogens is 2. The molecule has 1 aromatic heterocycles. The van der Waals surface area contributed by atoms with Gasteiger partial charge in [0.15, 0.2) is 11.5 Å². The lowest BCUT2D eigenvalue weighted by molar-refractivity contribution is 0.582. The normalized spacial score (nSPS) is 11.8. The Morgan fingerprint density at radius 1 is 0.862 bits per heavy atom. The van der Waals surface area contributed by atoms with Gasteiger partial charge in [-0.1, -0.05) is 35.4 Å². The topological polar surface area (TPSA) is 113 Å². The van der Waals surface area contributed by atoms with Gasteiger partial charge >= 0.3 is 0 Å². The molecule has 0 saturated heterocycles. The van der Waals surface area contributed by atoms with E-state index in [1.807, 2.05) is 0 Å². The third-order valence-electron chi connectivity index (χ3n) is 4.26. The summed E-state index contributed by atoms with van der Waals surface area (Å²) in [6.07, 6.45) is 1.19. The summed E-state index contributed by atoms with van der Waals surface area (Å²) in [5.74, 6) is -0.353. The summed E-state index contributed by atoms with van der Waals surface area (Å²) in [4.78, 5) is 3.39. The Hall–Kier alpha value is -3.16. The lowest BCUT2D eigenvalue weighted by atomic mass is 10.2. The fourth-order valence-electron chi connectivity index (χ4n) is 2.69. The van der Waals surface area contributed by atoms with Crippen LogP contribution in [0.5, 0.6) is 0 Å². The van der Waals surface area contributed by atoms with Gasteiger partial charge in [0, 0.05) is 7.05 Å². The first-order chi connectivity index (χ1) is 13.6. The number of nitrogens with zero attached hydrogens (tertiary/aromatic N) is 4. The standard InChI is InChI=1S/C19H18N4O4S2/c1-14-4-8-16(9-5-14)28(24,25)23(19-18(12-20)21-13-22(19)3)29(26,27)17-10-6-15(2)7-11-17/h4-11,13H,1-3H3. The number of benzene rings is 2. The van der Waals surface area contributed by atoms with Crippen molar-refractivity contribution in [2.24, 2.45) is 7.05 Å². The third kappa shape index (κ3) is 3.62. The predicted octanol–water partition coefficient (Wildman–Crippen LogP) is 2.49. The highest BCUT2D eigenvalue weighted by Crippen LogP contribution is 2.32. The Morgan fingerprint density at radius 2 is 1.28 bits per heavy atom. The van der Waals surface area contributed by atoms with Crippen molar-refractivity contribution in [1.29, 1.82) is 5.26 Å². The fourth-order valence-corrected chi connectivity index (χ4v) is 6.47. The Labute approximate surface area is 169 Å². The quantitative estimate of drug-likeness (QED) is 0.614. The van der Waals surface area contributed by atoms with Gasteiger partial charge in [-0.3, -0.25) is 0 Å². The molecule has 1 heterocycles. The van der Waals surface area contributed by atoms with Gasteiger partial charge in [0.25, 0.3) is 20.0 Å². The number of hydrogen-bond acceptors (Lipinski definition) is 6. The molecule has 0 radical (unpaired) electrons. The molecule has 0 aliphatic rings. The third-order valence-corrected chi connectivity index (χ3v) is 8.39. The Balaban J connectivity index is 2.34. The van der Waals surface area contributed by atoms with Crippen molar-refractivity contribution >= 4 is 25.9 Å². The number of anilines is 1. The molecule has 0 aliphatic carbocycles. The monoisotopic (exact) mass is 430 g/mol. The molecular formula is C19H18N4O4S2. The van der Waals surface area contributed by atoms with Crippen molar-refractivity contribution in [2.45, 2.75) is 23.6 Å². The average Bonchev–Trinajstić information content (AvgIpc) is 3.02. The van der Waals surface area contributed by atoms with E-state index < -0.39 is 20.0 Å². The molecule has 0 saturated carbocycles. The summed E-state index contributed by atoms with van der Waals surface area (Å²) >= 11 is 0. The molecule has 29 heavy (non-hydrogen) atoms. The molecule has 0 aliphatic heterocycles. The highest BCUT2D eigenvalue weighted by molar-refractivity contribution is 8.10. The number of aryl methyl sites for hydroxylation is 3. The van der Waals surface area contributed by atoms with Crippen molar-refractivity contribution < 1.29 is 16.8 Å². The van der Waals surface area contributed by atoms with Crippen LogP contribution < -0.4 is 3.71 Å². The average molecular weight is 431 g/mol. The first-order valence-electron chi connectivity index (χ1n) is 8.44. The molecule has 3 rings (SSSR count). The van der Waals surface area contributed by atoms with Crippen LogP contribution in [0.1, 0.15) is 16.8 Å².